The van der Waals surface area contributed by atoms with Crippen molar-refractivity contribution in [3.8, 4) is 6.07 Å². The van der Waals surface area contributed by atoms with Crippen molar-refractivity contribution < 1.29 is 4.74 Å². The van der Waals surface area contributed by atoms with Gasteiger partial charge in [-0.15, -0.1) is 0 Å². The average Bonchev–Trinajstić information content (AvgIpc) is 2.39. The fraction of sp³-hybridized carbons (Fsp3) is 0.462. The number of nitrogens with zero attached hydrogens (tertiary/aromatic N) is 1. The molecule has 1 aromatic rings. The molecule has 1 fully saturated rings. The van der Waals surface area contributed by atoms with Crippen LogP contribution in [-0.2, 0) is 15.5 Å². The molecule has 2 rings (SSSR count). The van der Waals surface area contributed by atoms with Gasteiger partial charge in [0.1, 0.15) is 0 Å². The zero-order valence-electron chi connectivity index (χ0n) is 9.08. The molecule has 1 heterocycles. The quantitative estimate of drug-likeness (QED) is 0.780. The number of hydrogen-bond acceptors (Lipinski definition) is 2. The van der Waals surface area contributed by atoms with E-state index < -0.39 is 0 Å². The molecule has 0 bridgehead atoms. The SMILES string of the molecule is N#CC1(c2ccccc2CBr)CCOCC1. The van der Waals surface area contributed by atoms with Crippen LogP contribution in [0.25, 0.3) is 0 Å². The van der Waals surface area contributed by atoms with Gasteiger partial charge >= 0.3 is 0 Å². The van der Waals surface area contributed by atoms with Gasteiger partial charge in [-0.2, -0.15) is 5.26 Å². The second-order valence-corrected chi connectivity index (χ2v) is 4.66. The van der Waals surface area contributed by atoms with Crippen LogP contribution >= 0.6 is 15.9 Å². The summed E-state index contributed by atoms with van der Waals surface area (Å²) in [6.07, 6.45) is 1.60. The summed E-state index contributed by atoms with van der Waals surface area (Å²) in [5.74, 6) is 0. The van der Waals surface area contributed by atoms with Crippen LogP contribution in [0.5, 0.6) is 0 Å². The van der Waals surface area contributed by atoms with Crippen molar-refractivity contribution in [3.05, 3.63) is 35.4 Å². The van der Waals surface area contributed by atoms with E-state index in [1.165, 1.54) is 5.56 Å². The molecule has 1 aliphatic heterocycles. The molecule has 0 aromatic heterocycles. The van der Waals surface area contributed by atoms with Crippen molar-refractivity contribution in [2.24, 2.45) is 0 Å². The van der Waals surface area contributed by atoms with Crippen LogP contribution in [-0.4, -0.2) is 13.2 Å². The molecule has 84 valence electrons. The third-order valence-electron chi connectivity index (χ3n) is 3.24. The summed E-state index contributed by atoms with van der Waals surface area (Å²) in [6.45, 7) is 1.37. The highest BCUT2D eigenvalue weighted by molar-refractivity contribution is 9.08. The Morgan fingerprint density at radius 3 is 2.62 bits per heavy atom. The van der Waals surface area contributed by atoms with Crippen LogP contribution < -0.4 is 0 Å². The summed E-state index contributed by atoms with van der Waals surface area (Å²) in [7, 11) is 0. The van der Waals surface area contributed by atoms with Crippen molar-refractivity contribution in [3.63, 3.8) is 0 Å². The first-order valence-electron chi connectivity index (χ1n) is 5.46. The van der Waals surface area contributed by atoms with Gasteiger partial charge in [0.25, 0.3) is 0 Å². The Labute approximate surface area is 104 Å². The highest BCUT2D eigenvalue weighted by Crippen LogP contribution is 2.36. The van der Waals surface area contributed by atoms with E-state index in [0.717, 1.165) is 23.7 Å². The number of hydrogen-bond donors (Lipinski definition) is 0. The lowest BCUT2D eigenvalue weighted by Gasteiger charge is -2.32. The van der Waals surface area contributed by atoms with Gasteiger partial charge in [-0.3, -0.25) is 0 Å². The Hall–Kier alpha value is -0.850. The summed E-state index contributed by atoms with van der Waals surface area (Å²) in [5, 5.41) is 10.3. The van der Waals surface area contributed by atoms with E-state index in [1.54, 1.807) is 0 Å². The first kappa shape index (κ1) is 11.6. The van der Waals surface area contributed by atoms with Crippen molar-refractivity contribution in [2.45, 2.75) is 23.6 Å². The van der Waals surface area contributed by atoms with Gasteiger partial charge in [-0.05, 0) is 24.0 Å². The molecule has 0 unspecified atom stereocenters. The highest BCUT2D eigenvalue weighted by atomic mass is 79.9. The topological polar surface area (TPSA) is 33.0 Å². The molecule has 1 saturated heterocycles. The zero-order chi connectivity index (χ0) is 11.4. The predicted octanol–water partition coefficient (Wildman–Crippen LogP) is 3.15. The summed E-state index contributed by atoms with van der Waals surface area (Å²) in [6, 6.07) is 10.7. The van der Waals surface area contributed by atoms with Crippen molar-refractivity contribution in [1.82, 2.24) is 0 Å². The summed E-state index contributed by atoms with van der Waals surface area (Å²) >= 11 is 3.49. The largest absolute Gasteiger partial charge is 0.381 e. The number of benzene rings is 1. The van der Waals surface area contributed by atoms with Crippen molar-refractivity contribution in [2.75, 3.05) is 13.2 Å². The van der Waals surface area contributed by atoms with Gasteiger partial charge in [0.2, 0.25) is 0 Å². The van der Waals surface area contributed by atoms with Gasteiger partial charge in [0.15, 0.2) is 0 Å². The molecule has 1 aliphatic rings. The van der Waals surface area contributed by atoms with Crippen LogP contribution in [0.4, 0.5) is 0 Å². The maximum Gasteiger partial charge on any atom is 0.0869 e. The van der Waals surface area contributed by atoms with Crippen LogP contribution in [0.15, 0.2) is 24.3 Å². The molecule has 0 N–H and O–H groups in total. The third kappa shape index (κ3) is 2.00. The van der Waals surface area contributed by atoms with Crippen LogP contribution in [0.3, 0.4) is 0 Å². The number of rotatable bonds is 2. The normalized spacial score (nSPS) is 19.0. The average molecular weight is 280 g/mol. The van der Waals surface area contributed by atoms with E-state index in [0.29, 0.717) is 13.2 Å². The Balaban J connectivity index is 2.43. The monoisotopic (exact) mass is 279 g/mol. The number of nitriles is 1. The van der Waals surface area contributed by atoms with Crippen molar-refractivity contribution >= 4 is 15.9 Å². The molecule has 16 heavy (non-hydrogen) atoms. The van der Waals surface area contributed by atoms with E-state index in [9.17, 15) is 5.26 Å². The molecule has 0 atom stereocenters. The molecule has 0 radical (unpaired) electrons. The standard InChI is InChI=1S/C13H14BrNO/c14-9-11-3-1-2-4-12(11)13(10-15)5-7-16-8-6-13/h1-4H,5-9H2. The molecule has 1 aromatic carbocycles. The predicted molar refractivity (Wildman–Crippen MR) is 66.4 cm³/mol. The van der Waals surface area contributed by atoms with Gasteiger partial charge < -0.3 is 4.74 Å². The number of ether oxygens (including phenoxy) is 1. The molecule has 0 aliphatic carbocycles. The summed E-state index contributed by atoms with van der Waals surface area (Å²) in [5.41, 5.74) is 2.03. The van der Waals surface area contributed by atoms with Gasteiger partial charge in [0.05, 0.1) is 11.5 Å². The number of halogens is 1. The smallest absolute Gasteiger partial charge is 0.0869 e. The second kappa shape index (κ2) is 4.99. The van der Waals surface area contributed by atoms with Crippen LogP contribution in [0.2, 0.25) is 0 Å². The third-order valence-corrected chi connectivity index (χ3v) is 3.84. The lowest BCUT2D eigenvalue weighted by molar-refractivity contribution is 0.0673. The van der Waals surface area contributed by atoms with Crippen LogP contribution in [0.1, 0.15) is 24.0 Å². The van der Waals surface area contributed by atoms with E-state index in [1.807, 2.05) is 12.1 Å². The molecule has 2 nitrogen and oxygen atoms in total. The molecule has 0 saturated carbocycles. The Morgan fingerprint density at radius 2 is 2.00 bits per heavy atom. The lowest BCUT2D eigenvalue weighted by Crippen LogP contribution is -2.33. The minimum Gasteiger partial charge on any atom is -0.381 e. The highest BCUT2D eigenvalue weighted by Gasteiger charge is 2.35. The first-order valence-corrected chi connectivity index (χ1v) is 6.58. The maximum atomic E-state index is 9.49. The lowest BCUT2D eigenvalue weighted by atomic mass is 9.74. The second-order valence-electron chi connectivity index (χ2n) is 4.10. The fourth-order valence-electron chi connectivity index (χ4n) is 2.26. The minimum absolute atomic E-state index is 0.345. The van der Waals surface area contributed by atoms with Gasteiger partial charge in [-0.1, -0.05) is 40.2 Å². The van der Waals surface area contributed by atoms with E-state index in [4.69, 9.17) is 4.74 Å². The van der Waals surface area contributed by atoms with Crippen molar-refractivity contribution in [1.29, 1.82) is 5.26 Å². The Bertz CT molecular complexity index is 405. The Kier molecular flexibility index (Phi) is 3.63. The molecular formula is C13H14BrNO. The van der Waals surface area contributed by atoms with E-state index in [-0.39, 0.29) is 5.41 Å². The minimum atomic E-state index is -0.345. The van der Waals surface area contributed by atoms with E-state index >= 15 is 0 Å². The fourth-order valence-corrected chi connectivity index (χ4v) is 2.75. The Morgan fingerprint density at radius 1 is 1.31 bits per heavy atom. The molecule has 0 spiro atoms. The molecular weight excluding hydrogens is 266 g/mol. The summed E-state index contributed by atoms with van der Waals surface area (Å²) in [4.78, 5) is 0. The van der Waals surface area contributed by atoms with E-state index in [2.05, 4.69) is 34.1 Å². The number of alkyl halides is 1. The summed E-state index contributed by atoms with van der Waals surface area (Å²) < 4.78 is 5.36. The zero-order valence-corrected chi connectivity index (χ0v) is 10.7. The molecule has 0 amide bonds. The maximum absolute atomic E-state index is 9.49. The first-order chi connectivity index (χ1) is 7.82. The van der Waals surface area contributed by atoms with Gasteiger partial charge in [0, 0.05) is 18.5 Å². The van der Waals surface area contributed by atoms with Crippen LogP contribution in [0, 0.1) is 11.3 Å². The van der Waals surface area contributed by atoms with Gasteiger partial charge in [-0.25, -0.2) is 0 Å². The molecule has 3 heteroatoms.